The third-order valence-electron chi connectivity index (χ3n) is 4.36. The van der Waals surface area contributed by atoms with E-state index in [0.717, 1.165) is 0 Å². The van der Waals surface area contributed by atoms with Gasteiger partial charge in [-0.05, 0) is 24.6 Å². The molecule has 140 valence electrons. The zero-order valence-electron chi connectivity index (χ0n) is 15.6. The number of hydrogen-bond acceptors (Lipinski definition) is 5. The van der Waals surface area contributed by atoms with Crippen LogP contribution in [0.1, 0.15) is 18.9 Å². The Balaban J connectivity index is 2.15. The van der Waals surface area contributed by atoms with E-state index in [9.17, 15) is 9.59 Å². The molecule has 1 aliphatic heterocycles. The molecular weight excluding hydrogens is 344 g/mol. The van der Waals surface area contributed by atoms with E-state index in [-0.39, 0.29) is 17.5 Å². The lowest BCUT2D eigenvalue weighted by molar-refractivity contribution is -0.136. The van der Waals surface area contributed by atoms with Gasteiger partial charge in [0.15, 0.2) is 0 Å². The molecule has 0 saturated carbocycles. The highest BCUT2D eigenvalue weighted by atomic mass is 16.5. The van der Waals surface area contributed by atoms with Crippen molar-refractivity contribution in [1.82, 2.24) is 4.90 Å². The van der Waals surface area contributed by atoms with Crippen LogP contribution in [0.4, 0.5) is 5.69 Å². The van der Waals surface area contributed by atoms with Crippen molar-refractivity contribution < 1.29 is 19.1 Å². The first-order chi connectivity index (χ1) is 13.1. The van der Waals surface area contributed by atoms with Crippen molar-refractivity contribution in [2.75, 3.05) is 26.1 Å². The van der Waals surface area contributed by atoms with Crippen LogP contribution in [0.15, 0.2) is 54.2 Å². The van der Waals surface area contributed by atoms with Gasteiger partial charge in [0, 0.05) is 12.1 Å². The maximum absolute atomic E-state index is 13.0. The van der Waals surface area contributed by atoms with Crippen LogP contribution < -0.4 is 14.8 Å². The first-order valence-corrected chi connectivity index (χ1v) is 8.76. The number of para-hydroxylation sites is 3. The third-order valence-corrected chi connectivity index (χ3v) is 4.36. The monoisotopic (exact) mass is 366 g/mol. The molecule has 0 aliphatic carbocycles. The number of methoxy groups -OCH3 is 2. The first-order valence-electron chi connectivity index (χ1n) is 8.76. The van der Waals surface area contributed by atoms with Crippen LogP contribution in [-0.4, -0.2) is 37.5 Å². The zero-order chi connectivity index (χ0) is 19.4. The van der Waals surface area contributed by atoms with Crippen LogP contribution in [0.2, 0.25) is 0 Å². The molecule has 0 radical (unpaired) electrons. The molecule has 6 heteroatoms. The average molecular weight is 366 g/mol. The molecule has 2 aromatic rings. The molecule has 0 spiro atoms. The van der Waals surface area contributed by atoms with E-state index in [1.165, 1.54) is 12.0 Å². The highest BCUT2D eigenvalue weighted by molar-refractivity contribution is 6.37. The minimum Gasteiger partial charge on any atom is -0.496 e. The topological polar surface area (TPSA) is 67.9 Å². The summed E-state index contributed by atoms with van der Waals surface area (Å²) in [6.07, 6.45) is 0.679. The SMILES string of the molecule is CCCN1C(=O)C(Nc2ccccc2OC)=C(c2ccccc2OC)C1=O. The van der Waals surface area contributed by atoms with Crippen LogP contribution in [0.3, 0.4) is 0 Å². The molecule has 1 heterocycles. The summed E-state index contributed by atoms with van der Waals surface area (Å²) in [5, 5.41) is 3.12. The molecular formula is C21H22N2O4. The number of imide groups is 1. The van der Waals surface area contributed by atoms with Crippen LogP contribution in [0.25, 0.3) is 5.57 Å². The fraction of sp³-hybridized carbons (Fsp3) is 0.238. The van der Waals surface area contributed by atoms with Crippen LogP contribution in [0.5, 0.6) is 11.5 Å². The standard InChI is InChI=1S/C21H22N2O4/c1-4-13-23-20(24)18(14-9-5-7-11-16(14)26-2)19(21(23)25)22-15-10-6-8-12-17(15)27-3/h5-12,22H,4,13H2,1-3H3. The minimum atomic E-state index is -0.353. The molecule has 0 fully saturated rings. The van der Waals surface area contributed by atoms with E-state index in [2.05, 4.69) is 5.32 Å². The van der Waals surface area contributed by atoms with Gasteiger partial charge < -0.3 is 14.8 Å². The summed E-state index contributed by atoms with van der Waals surface area (Å²) in [7, 11) is 3.10. The second-order valence-electron chi connectivity index (χ2n) is 6.04. The van der Waals surface area contributed by atoms with Gasteiger partial charge in [-0.2, -0.15) is 0 Å². The largest absolute Gasteiger partial charge is 0.496 e. The minimum absolute atomic E-state index is 0.224. The quantitative estimate of drug-likeness (QED) is 0.762. The van der Waals surface area contributed by atoms with Crippen LogP contribution in [0, 0.1) is 0 Å². The Morgan fingerprint density at radius 2 is 1.52 bits per heavy atom. The van der Waals surface area contributed by atoms with Crippen molar-refractivity contribution in [3.05, 3.63) is 59.8 Å². The number of nitrogens with zero attached hydrogens (tertiary/aromatic N) is 1. The Bertz CT molecular complexity index is 905. The highest BCUT2D eigenvalue weighted by Gasteiger charge is 2.39. The normalized spacial score (nSPS) is 14.0. The molecule has 2 amide bonds. The number of carbonyl (C=O) groups excluding carboxylic acids is 2. The van der Waals surface area contributed by atoms with Gasteiger partial charge in [-0.1, -0.05) is 37.3 Å². The number of benzene rings is 2. The number of carbonyl (C=O) groups is 2. The predicted molar refractivity (Wildman–Crippen MR) is 104 cm³/mol. The Hall–Kier alpha value is -3.28. The molecule has 3 rings (SSSR count). The van der Waals surface area contributed by atoms with E-state index in [0.29, 0.717) is 41.3 Å². The number of anilines is 1. The highest BCUT2D eigenvalue weighted by Crippen LogP contribution is 2.36. The van der Waals surface area contributed by atoms with Crippen LogP contribution >= 0.6 is 0 Å². The van der Waals surface area contributed by atoms with Crippen molar-refractivity contribution in [1.29, 1.82) is 0 Å². The number of rotatable bonds is 7. The molecule has 2 aromatic carbocycles. The lowest BCUT2D eigenvalue weighted by Gasteiger charge is -2.14. The van der Waals surface area contributed by atoms with Gasteiger partial charge in [-0.25, -0.2) is 0 Å². The zero-order valence-corrected chi connectivity index (χ0v) is 15.6. The second kappa shape index (κ2) is 7.95. The van der Waals surface area contributed by atoms with E-state index >= 15 is 0 Å². The van der Waals surface area contributed by atoms with Gasteiger partial charge in [0.05, 0.1) is 25.5 Å². The van der Waals surface area contributed by atoms with Gasteiger partial charge in [-0.15, -0.1) is 0 Å². The van der Waals surface area contributed by atoms with Gasteiger partial charge in [0.1, 0.15) is 17.2 Å². The predicted octanol–water partition coefficient (Wildman–Crippen LogP) is 3.31. The molecule has 1 aliphatic rings. The summed E-state index contributed by atoms with van der Waals surface area (Å²) in [6.45, 7) is 2.28. The van der Waals surface area contributed by atoms with Crippen molar-refractivity contribution in [3.63, 3.8) is 0 Å². The van der Waals surface area contributed by atoms with Gasteiger partial charge in [0.2, 0.25) is 0 Å². The lowest BCUT2D eigenvalue weighted by Crippen LogP contribution is -2.33. The van der Waals surface area contributed by atoms with E-state index in [4.69, 9.17) is 9.47 Å². The van der Waals surface area contributed by atoms with E-state index in [1.807, 2.05) is 31.2 Å². The fourth-order valence-electron chi connectivity index (χ4n) is 3.10. The van der Waals surface area contributed by atoms with Gasteiger partial charge >= 0.3 is 0 Å². The fourth-order valence-corrected chi connectivity index (χ4v) is 3.10. The third kappa shape index (κ3) is 3.38. The smallest absolute Gasteiger partial charge is 0.278 e. The molecule has 0 aromatic heterocycles. The summed E-state index contributed by atoms with van der Waals surface area (Å²) in [6, 6.07) is 14.4. The summed E-state index contributed by atoms with van der Waals surface area (Å²) >= 11 is 0. The molecule has 0 bridgehead atoms. The molecule has 1 N–H and O–H groups in total. The van der Waals surface area contributed by atoms with Gasteiger partial charge in [0.25, 0.3) is 11.8 Å². The maximum Gasteiger partial charge on any atom is 0.278 e. The van der Waals surface area contributed by atoms with Crippen molar-refractivity contribution in [2.45, 2.75) is 13.3 Å². The van der Waals surface area contributed by atoms with E-state index < -0.39 is 0 Å². The van der Waals surface area contributed by atoms with Crippen molar-refractivity contribution in [3.8, 4) is 11.5 Å². The Kier molecular flexibility index (Phi) is 5.45. The summed E-state index contributed by atoms with van der Waals surface area (Å²) in [5.41, 5.74) is 1.72. The molecule has 0 saturated heterocycles. The average Bonchev–Trinajstić information content (AvgIpc) is 2.93. The number of amides is 2. The van der Waals surface area contributed by atoms with Crippen molar-refractivity contribution >= 4 is 23.1 Å². The summed E-state index contributed by atoms with van der Waals surface area (Å²) in [5.74, 6) is 0.433. The molecule has 6 nitrogen and oxygen atoms in total. The number of hydrogen-bond donors (Lipinski definition) is 1. The summed E-state index contributed by atoms with van der Waals surface area (Å²) < 4.78 is 10.8. The first kappa shape index (κ1) is 18.5. The van der Waals surface area contributed by atoms with Crippen LogP contribution in [-0.2, 0) is 9.59 Å². The molecule has 27 heavy (non-hydrogen) atoms. The summed E-state index contributed by atoms with van der Waals surface area (Å²) in [4.78, 5) is 27.3. The second-order valence-corrected chi connectivity index (χ2v) is 6.04. The van der Waals surface area contributed by atoms with Gasteiger partial charge in [-0.3, -0.25) is 14.5 Å². The Morgan fingerprint density at radius 3 is 2.19 bits per heavy atom. The number of ether oxygens (including phenoxy) is 2. The lowest BCUT2D eigenvalue weighted by atomic mass is 10.0. The van der Waals surface area contributed by atoms with E-state index in [1.54, 1.807) is 31.4 Å². The Morgan fingerprint density at radius 1 is 0.889 bits per heavy atom. The maximum atomic E-state index is 13.0. The Labute approximate surface area is 158 Å². The van der Waals surface area contributed by atoms with Crippen molar-refractivity contribution in [2.24, 2.45) is 0 Å². The number of nitrogens with one attached hydrogen (secondary N) is 1. The molecule has 0 unspecified atom stereocenters. The molecule has 0 atom stereocenters.